The number of anilines is 2. The molecule has 1 fully saturated rings. The number of carbonyl (C=O) groups excluding carboxylic acids is 1. The van der Waals surface area contributed by atoms with Crippen LogP contribution in [0.5, 0.6) is 0 Å². The number of nitrogens with zero attached hydrogens (tertiary/aromatic N) is 4. The fourth-order valence-electron chi connectivity index (χ4n) is 3.84. The Kier molecular flexibility index (Phi) is 7.66. The third-order valence-electron chi connectivity index (χ3n) is 5.49. The number of pyridine rings is 2. The lowest BCUT2D eigenvalue weighted by Gasteiger charge is -2.43. The van der Waals surface area contributed by atoms with Crippen molar-refractivity contribution in [3.63, 3.8) is 0 Å². The molecule has 8 nitrogen and oxygen atoms in total. The highest BCUT2D eigenvalue weighted by atomic mass is 19.4. The molecule has 0 aliphatic carbocycles. The average molecular weight is 497 g/mol. The molecule has 3 rings (SSSR count). The molecule has 3 heterocycles. The number of halogens is 5. The van der Waals surface area contributed by atoms with Gasteiger partial charge in [0.25, 0.3) is 11.8 Å². The second kappa shape index (κ2) is 10.3. The maximum absolute atomic E-state index is 14.5. The highest BCUT2D eigenvalue weighted by Gasteiger charge is 2.46. The van der Waals surface area contributed by atoms with Crippen LogP contribution >= 0.6 is 0 Å². The number of rotatable bonds is 7. The van der Waals surface area contributed by atoms with Gasteiger partial charge in [0.15, 0.2) is 5.69 Å². The number of amides is 1. The van der Waals surface area contributed by atoms with Crippen LogP contribution in [0.1, 0.15) is 35.1 Å². The first-order valence-electron chi connectivity index (χ1n) is 10.6. The van der Waals surface area contributed by atoms with Crippen molar-refractivity contribution >= 4 is 29.8 Å². The summed E-state index contributed by atoms with van der Waals surface area (Å²) >= 11 is 0. The lowest BCUT2D eigenvalue weighted by Crippen LogP contribution is -2.57. The van der Waals surface area contributed by atoms with Crippen molar-refractivity contribution < 1.29 is 26.7 Å². The highest BCUT2D eigenvalue weighted by molar-refractivity contribution is 6.14. The summed E-state index contributed by atoms with van der Waals surface area (Å²) in [5, 5.41) is 13.6. The maximum Gasteiger partial charge on any atom is 0.417 e. The summed E-state index contributed by atoms with van der Waals surface area (Å²) < 4.78 is 67.3. The van der Waals surface area contributed by atoms with Gasteiger partial charge >= 0.3 is 6.18 Å². The second-order valence-electron chi connectivity index (χ2n) is 8.25. The first kappa shape index (κ1) is 26.0. The zero-order valence-corrected chi connectivity index (χ0v) is 18.9. The number of alkyl halides is 5. The number of piperidine rings is 1. The molecule has 0 radical (unpaired) electrons. The van der Waals surface area contributed by atoms with E-state index < -0.39 is 48.5 Å². The first-order valence-corrected chi connectivity index (χ1v) is 10.6. The van der Waals surface area contributed by atoms with Gasteiger partial charge in [0, 0.05) is 31.1 Å². The van der Waals surface area contributed by atoms with Crippen molar-refractivity contribution in [3.05, 3.63) is 47.4 Å². The molecule has 188 valence electrons. The van der Waals surface area contributed by atoms with Gasteiger partial charge < -0.3 is 15.6 Å². The minimum atomic E-state index is -4.53. The molecular formula is C22H24F5N7O. The molecule has 13 heteroatoms. The lowest BCUT2D eigenvalue weighted by atomic mass is 9.88. The first-order chi connectivity index (χ1) is 16.4. The van der Waals surface area contributed by atoms with Crippen LogP contribution in [-0.4, -0.2) is 58.3 Å². The summed E-state index contributed by atoms with van der Waals surface area (Å²) in [6, 6.07) is 4.43. The molecular weight excluding hydrogens is 473 g/mol. The molecule has 0 spiro atoms. The molecule has 1 unspecified atom stereocenters. The Balaban J connectivity index is 1.86. The van der Waals surface area contributed by atoms with Crippen LogP contribution < -0.4 is 10.7 Å². The molecule has 35 heavy (non-hydrogen) atoms. The van der Waals surface area contributed by atoms with Crippen molar-refractivity contribution in [2.75, 3.05) is 23.8 Å². The molecule has 2 aromatic heterocycles. The number of aromatic nitrogens is 2. The summed E-state index contributed by atoms with van der Waals surface area (Å²) in [7, 11) is 0. The van der Waals surface area contributed by atoms with Crippen molar-refractivity contribution in [3.8, 4) is 0 Å². The Hall–Kier alpha value is -3.64. The van der Waals surface area contributed by atoms with E-state index in [0.717, 1.165) is 29.5 Å². The van der Waals surface area contributed by atoms with Crippen molar-refractivity contribution in [2.24, 2.45) is 11.0 Å². The molecule has 1 saturated heterocycles. The number of likely N-dealkylation sites (tertiary alicyclic amines) is 1. The van der Waals surface area contributed by atoms with Gasteiger partial charge in [-0.1, -0.05) is 6.92 Å². The van der Waals surface area contributed by atoms with Crippen LogP contribution in [0.2, 0.25) is 0 Å². The van der Waals surface area contributed by atoms with Gasteiger partial charge in [0.1, 0.15) is 5.82 Å². The van der Waals surface area contributed by atoms with E-state index >= 15 is 0 Å². The quantitative estimate of drug-likeness (QED) is 0.298. The zero-order valence-electron chi connectivity index (χ0n) is 18.9. The molecule has 1 amide bonds. The Morgan fingerprint density at radius 1 is 1.31 bits per heavy atom. The van der Waals surface area contributed by atoms with E-state index in [4.69, 9.17) is 5.41 Å². The average Bonchev–Trinajstić information content (AvgIpc) is 2.78. The van der Waals surface area contributed by atoms with E-state index in [9.17, 15) is 26.7 Å². The molecule has 2 aromatic rings. The smallest absolute Gasteiger partial charge is 0.368 e. The summed E-state index contributed by atoms with van der Waals surface area (Å²) in [6.07, 6.45) is -2.27. The van der Waals surface area contributed by atoms with Gasteiger partial charge in [-0.15, -0.1) is 0 Å². The molecule has 0 aromatic carbocycles. The minimum absolute atomic E-state index is 0.0120. The number of hydrogen-bond acceptors (Lipinski definition) is 7. The third kappa shape index (κ3) is 6.49. The molecule has 0 bridgehead atoms. The van der Waals surface area contributed by atoms with Gasteiger partial charge in [-0.25, -0.2) is 18.7 Å². The van der Waals surface area contributed by atoms with Gasteiger partial charge in [0.2, 0.25) is 0 Å². The van der Waals surface area contributed by atoms with Crippen LogP contribution in [0, 0.1) is 18.3 Å². The van der Waals surface area contributed by atoms with Crippen molar-refractivity contribution in [1.82, 2.24) is 14.9 Å². The number of hydrazone groups is 1. The van der Waals surface area contributed by atoms with E-state index in [-0.39, 0.29) is 23.7 Å². The SMILES string of the molecule is Cc1ccc(N/N=C\C=N)c(C(=O)N2CC(F)(F)C[C@@H](C)C2CNc2ccc(C(F)(F)F)cn2)n1. The van der Waals surface area contributed by atoms with Crippen molar-refractivity contribution in [2.45, 2.75) is 38.4 Å². The Morgan fingerprint density at radius 3 is 2.69 bits per heavy atom. The molecule has 1 aliphatic rings. The van der Waals surface area contributed by atoms with Gasteiger partial charge in [-0.2, -0.15) is 18.3 Å². The third-order valence-corrected chi connectivity index (χ3v) is 5.49. The molecule has 1 aliphatic heterocycles. The van der Waals surface area contributed by atoms with E-state index in [2.05, 4.69) is 25.8 Å². The van der Waals surface area contributed by atoms with Crippen molar-refractivity contribution in [1.29, 1.82) is 5.41 Å². The number of aryl methyl sites for hydroxylation is 1. The number of carbonyl (C=O) groups is 1. The van der Waals surface area contributed by atoms with Crippen LogP contribution in [0.3, 0.4) is 0 Å². The van der Waals surface area contributed by atoms with Gasteiger partial charge in [-0.05, 0) is 37.1 Å². The Labute approximate surface area is 198 Å². The normalized spacial score (nSPS) is 20.0. The highest BCUT2D eigenvalue weighted by Crippen LogP contribution is 2.36. The fraction of sp³-hybridized carbons (Fsp3) is 0.409. The Morgan fingerprint density at radius 2 is 2.06 bits per heavy atom. The fourth-order valence-corrected chi connectivity index (χ4v) is 3.84. The second-order valence-corrected chi connectivity index (χ2v) is 8.25. The van der Waals surface area contributed by atoms with Gasteiger partial charge in [-0.3, -0.25) is 10.2 Å². The van der Waals surface area contributed by atoms with Crippen LogP contribution in [0.25, 0.3) is 0 Å². The summed E-state index contributed by atoms with van der Waals surface area (Å²) in [4.78, 5) is 22.4. The topological polar surface area (TPSA) is 106 Å². The largest absolute Gasteiger partial charge is 0.417 e. The van der Waals surface area contributed by atoms with E-state index in [1.54, 1.807) is 19.9 Å². The number of hydrogen-bond donors (Lipinski definition) is 3. The monoisotopic (exact) mass is 497 g/mol. The van der Waals surface area contributed by atoms with Crippen LogP contribution in [0.15, 0.2) is 35.6 Å². The molecule has 3 N–H and O–H groups in total. The standard InChI is InChI=1S/C22H24F5N7O/c1-13-9-21(23,24)12-34(17(13)11-30-18-6-4-15(10-29-18)22(25,26)27)20(35)19-16(33-31-8-7-28)5-3-14(2)32-19/h3-8,10,13,17,28,33H,9,11-12H2,1-2H3,(H,29,30)/b28-7?,31-8-/t13-,17?/m1/s1. The van der Waals surface area contributed by atoms with E-state index in [1.807, 2.05) is 0 Å². The zero-order chi connectivity index (χ0) is 25.8. The predicted octanol–water partition coefficient (Wildman–Crippen LogP) is 4.45. The maximum atomic E-state index is 14.5. The predicted molar refractivity (Wildman–Crippen MR) is 121 cm³/mol. The number of nitrogens with one attached hydrogen (secondary N) is 3. The van der Waals surface area contributed by atoms with E-state index in [0.29, 0.717) is 11.9 Å². The summed E-state index contributed by atoms with van der Waals surface area (Å²) in [5.41, 5.74) is 2.21. The molecule has 2 atom stereocenters. The minimum Gasteiger partial charge on any atom is -0.368 e. The van der Waals surface area contributed by atoms with Crippen LogP contribution in [-0.2, 0) is 6.18 Å². The lowest BCUT2D eigenvalue weighted by molar-refractivity contribution is -0.137. The van der Waals surface area contributed by atoms with Crippen LogP contribution in [0.4, 0.5) is 33.5 Å². The Bertz CT molecular complexity index is 1090. The summed E-state index contributed by atoms with van der Waals surface area (Å²) in [5.74, 6) is -4.40. The summed E-state index contributed by atoms with van der Waals surface area (Å²) in [6.45, 7) is 2.37. The van der Waals surface area contributed by atoms with E-state index in [1.165, 1.54) is 6.07 Å². The molecule has 0 saturated carbocycles. The van der Waals surface area contributed by atoms with Gasteiger partial charge in [0.05, 0.1) is 30.1 Å².